The lowest BCUT2D eigenvalue weighted by Gasteiger charge is -2.19. The first-order chi connectivity index (χ1) is 12.8. The maximum Gasteiger partial charge on any atom is 0.240 e. The number of hydrogen-bond acceptors (Lipinski definition) is 6. The van der Waals surface area contributed by atoms with Gasteiger partial charge in [0.1, 0.15) is 0 Å². The van der Waals surface area contributed by atoms with E-state index in [0.29, 0.717) is 6.42 Å². The zero-order chi connectivity index (χ0) is 19.4. The van der Waals surface area contributed by atoms with Gasteiger partial charge in [0, 0.05) is 18.6 Å². The second-order valence-corrected chi connectivity index (χ2v) is 8.44. The summed E-state index contributed by atoms with van der Waals surface area (Å²) in [5.41, 5.74) is 8.84. The number of nitrogens with zero attached hydrogens (tertiary/aromatic N) is 2. The minimum Gasteiger partial charge on any atom is -0.279 e. The largest absolute Gasteiger partial charge is 0.279 e. The van der Waals surface area contributed by atoms with E-state index in [0.717, 1.165) is 22.5 Å². The maximum absolute atomic E-state index is 11.4. The smallest absolute Gasteiger partial charge is 0.240 e. The molecule has 2 N–H and O–H groups in total. The molecule has 0 radical (unpaired) electrons. The van der Waals surface area contributed by atoms with Crippen LogP contribution in [0.3, 0.4) is 0 Å². The Morgan fingerprint density at radius 3 is 2.41 bits per heavy atom. The third-order valence-electron chi connectivity index (χ3n) is 4.16. The number of carbonyl (C=O) groups is 1. The molecule has 1 aliphatic heterocycles. The topological polar surface area (TPSA) is 100.0 Å². The van der Waals surface area contributed by atoms with Crippen LogP contribution >= 0.6 is 0 Å². The van der Waals surface area contributed by atoms with Crippen molar-refractivity contribution in [1.29, 1.82) is 0 Å². The molecule has 1 heterocycles. The van der Waals surface area contributed by atoms with Crippen LogP contribution in [0.2, 0.25) is 0 Å². The average Bonchev–Trinajstić information content (AvgIpc) is 2.62. The molecule has 0 bridgehead atoms. The molecular formula is C19H20N4O3S. The molecule has 0 saturated carbocycles. The number of sulfone groups is 1. The highest BCUT2D eigenvalue weighted by atomic mass is 32.2. The summed E-state index contributed by atoms with van der Waals surface area (Å²) < 4.78 is 22.9. The summed E-state index contributed by atoms with van der Waals surface area (Å²) in [7, 11) is -3.20. The second kappa shape index (κ2) is 7.71. The Hall–Kier alpha value is -3.00. The van der Waals surface area contributed by atoms with Gasteiger partial charge in [0.05, 0.1) is 22.5 Å². The first-order valence-electron chi connectivity index (χ1n) is 8.39. The second-order valence-electron chi connectivity index (χ2n) is 6.43. The quantitative estimate of drug-likeness (QED) is 0.611. The molecule has 0 saturated heterocycles. The summed E-state index contributed by atoms with van der Waals surface area (Å²) in [4.78, 5) is 11.6. The Morgan fingerprint density at radius 1 is 1.15 bits per heavy atom. The van der Waals surface area contributed by atoms with Crippen LogP contribution in [0, 0.1) is 5.92 Å². The van der Waals surface area contributed by atoms with Gasteiger partial charge in [-0.25, -0.2) is 13.8 Å². The summed E-state index contributed by atoms with van der Waals surface area (Å²) in [5.74, 6) is 0.00827. The molecule has 1 unspecified atom stereocenters. The van der Waals surface area contributed by atoms with Crippen LogP contribution < -0.4 is 10.9 Å². The highest BCUT2D eigenvalue weighted by Crippen LogP contribution is 2.18. The normalized spacial score (nSPS) is 17.5. The van der Waals surface area contributed by atoms with Gasteiger partial charge in [0.25, 0.3) is 0 Å². The molecule has 2 aromatic carbocycles. The number of rotatable bonds is 5. The summed E-state index contributed by atoms with van der Waals surface area (Å²) in [6, 6.07) is 14.1. The Labute approximate surface area is 158 Å². The lowest BCUT2D eigenvalue weighted by Crippen LogP contribution is -2.31. The van der Waals surface area contributed by atoms with E-state index in [1.165, 1.54) is 6.26 Å². The lowest BCUT2D eigenvalue weighted by atomic mass is 9.94. The first-order valence-corrected chi connectivity index (χ1v) is 10.3. The van der Waals surface area contributed by atoms with Crippen molar-refractivity contribution in [2.45, 2.75) is 18.2 Å². The molecule has 140 valence electrons. The Kier molecular flexibility index (Phi) is 5.36. The standard InChI is InChI=1S/C19H20N4O3S/c1-13-11-18(24)22-23-19(13)15-5-7-16(8-6-15)21-20-12-14-3-9-17(10-4-14)27(2,25)26/h3-10,12-13,21H,11H2,1-2H3,(H,22,24). The van der Waals surface area contributed by atoms with Crippen LogP contribution in [0.15, 0.2) is 63.6 Å². The number of nitrogens with one attached hydrogen (secondary N) is 2. The van der Waals surface area contributed by atoms with Crippen LogP contribution in [0.5, 0.6) is 0 Å². The van der Waals surface area contributed by atoms with Gasteiger partial charge in [-0.3, -0.25) is 10.2 Å². The SMILES string of the molecule is CC1CC(=O)NN=C1c1ccc(NN=Cc2ccc(S(C)(=O)=O)cc2)cc1. The van der Waals surface area contributed by atoms with Gasteiger partial charge in [-0.05, 0) is 35.4 Å². The fourth-order valence-electron chi connectivity index (χ4n) is 2.70. The van der Waals surface area contributed by atoms with Gasteiger partial charge in [-0.15, -0.1) is 0 Å². The molecule has 1 aliphatic rings. The number of anilines is 1. The number of amides is 1. The maximum atomic E-state index is 11.4. The van der Waals surface area contributed by atoms with Crippen molar-refractivity contribution in [1.82, 2.24) is 5.43 Å². The molecule has 7 nitrogen and oxygen atoms in total. The molecule has 0 aliphatic carbocycles. The van der Waals surface area contributed by atoms with Crippen molar-refractivity contribution in [3.8, 4) is 0 Å². The van der Waals surface area contributed by atoms with Crippen LogP contribution in [0.1, 0.15) is 24.5 Å². The van der Waals surface area contributed by atoms with Gasteiger partial charge < -0.3 is 0 Å². The summed E-state index contributed by atoms with van der Waals surface area (Å²) in [6.45, 7) is 1.98. The number of benzene rings is 2. The Balaban J connectivity index is 1.63. The molecule has 3 rings (SSSR count). The van der Waals surface area contributed by atoms with E-state index in [-0.39, 0.29) is 16.7 Å². The summed E-state index contributed by atoms with van der Waals surface area (Å²) in [5, 5.41) is 8.30. The molecule has 0 fully saturated rings. The third-order valence-corrected chi connectivity index (χ3v) is 5.28. The van der Waals surface area contributed by atoms with Crippen molar-refractivity contribution in [3.05, 3.63) is 59.7 Å². The van der Waals surface area contributed by atoms with Crippen molar-refractivity contribution in [2.75, 3.05) is 11.7 Å². The Morgan fingerprint density at radius 2 is 1.81 bits per heavy atom. The van der Waals surface area contributed by atoms with E-state index in [4.69, 9.17) is 0 Å². The number of hydrogen-bond donors (Lipinski definition) is 2. The molecule has 27 heavy (non-hydrogen) atoms. The fourth-order valence-corrected chi connectivity index (χ4v) is 3.33. The van der Waals surface area contributed by atoms with Crippen LogP contribution in [0.25, 0.3) is 0 Å². The molecular weight excluding hydrogens is 364 g/mol. The predicted octanol–water partition coefficient (Wildman–Crippen LogP) is 2.40. The highest BCUT2D eigenvalue weighted by molar-refractivity contribution is 7.90. The number of hydrazone groups is 2. The monoisotopic (exact) mass is 384 g/mol. The Bertz CT molecular complexity index is 994. The molecule has 2 aromatic rings. The van der Waals surface area contributed by atoms with Crippen LogP contribution in [-0.2, 0) is 14.6 Å². The van der Waals surface area contributed by atoms with Gasteiger partial charge in [-0.1, -0.05) is 31.2 Å². The van der Waals surface area contributed by atoms with Gasteiger partial charge in [-0.2, -0.15) is 10.2 Å². The molecule has 8 heteroatoms. The molecule has 0 spiro atoms. The van der Waals surface area contributed by atoms with E-state index < -0.39 is 9.84 Å². The van der Waals surface area contributed by atoms with Crippen LogP contribution in [0.4, 0.5) is 5.69 Å². The highest BCUT2D eigenvalue weighted by Gasteiger charge is 2.21. The van der Waals surface area contributed by atoms with E-state index in [1.54, 1.807) is 30.5 Å². The predicted molar refractivity (Wildman–Crippen MR) is 106 cm³/mol. The average molecular weight is 384 g/mol. The lowest BCUT2D eigenvalue weighted by molar-refractivity contribution is -0.121. The zero-order valence-corrected chi connectivity index (χ0v) is 15.8. The van der Waals surface area contributed by atoms with Crippen LogP contribution in [-0.4, -0.2) is 32.5 Å². The first kappa shape index (κ1) is 18.8. The van der Waals surface area contributed by atoms with E-state index in [2.05, 4.69) is 21.1 Å². The van der Waals surface area contributed by atoms with Crippen molar-refractivity contribution in [3.63, 3.8) is 0 Å². The molecule has 0 aromatic heterocycles. The number of carbonyl (C=O) groups excluding carboxylic acids is 1. The molecule has 1 atom stereocenters. The van der Waals surface area contributed by atoms with E-state index in [1.807, 2.05) is 31.2 Å². The zero-order valence-electron chi connectivity index (χ0n) is 15.0. The summed E-state index contributed by atoms with van der Waals surface area (Å²) in [6.07, 6.45) is 3.22. The minimum atomic E-state index is -3.20. The third kappa shape index (κ3) is 4.79. The fraction of sp³-hybridized carbons (Fsp3) is 0.211. The van der Waals surface area contributed by atoms with Crippen molar-refractivity contribution >= 4 is 33.4 Å². The van der Waals surface area contributed by atoms with E-state index >= 15 is 0 Å². The minimum absolute atomic E-state index is 0.0663. The van der Waals surface area contributed by atoms with E-state index in [9.17, 15) is 13.2 Å². The van der Waals surface area contributed by atoms with Crippen molar-refractivity contribution in [2.24, 2.45) is 16.1 Å². The summed E-state index contributed by atoms with van der Waals surface area (Å²) >= 11 is 0. The van der Waals surface area contributed by atoms with Crippen molar-refractivity contribution < 1.29 is 13.2 Å². The molecule has 1 amide bonds. The van der Waals surface area contributed by atoms with Gasteiger partial charge >= 0.3 is 0 Å². The van der Waals surface area contributed by atoms with Gasteiger partial charge in [0.15, 0.2) is 9.84 Å². The van der Waals surface area contributed by atoms with Gasteiger partial charge in [0.2, 0.25) is 5.91 Å².